The maximum Gasteiger partial charge on any atom is 0.416 e. The van der Waals surface area contributed by atoms with E-state index in [2.05, 4.69) is 0 Å². The van der Waals surface area contributed by atoms with E-state index in [0.717, 1.165) is 0 Å². The lowest BCUT2D eigenvalue weighted by Crippen LogP contribution is -2.18. The van der Waals surface area contributed by atoms with Crippen molar-refractivity contribution in [1.29, 1.82) is 0 Å². The van der Waals surface area contributed by atoms with Crippen molar-refractivity contribution in [3.05, 3.63) is 34.9 Å². The molecule has 0 spiro atoms. The number of aliphatic hydroxyl groups excluding tert-OH is 1. The van der Waals surface area contributed by atoms with Crippen LogP contribution < -0.4 is 5.73 Å². The molecule has 0 unspecified atom stereocenters. The number of hydrogen-bond acceptors (Lipinski definition) is 2. The number of rotatable bonds is 2. The van der Waals surface area contributed by atoms with Gasteiger partial charge in [-0.1, -0.05) is 0 Å². The molecule has 1 aromatic carbocycles. The first-order valence-corrected chi connectivity index (χ1v) is 4.71. The number of alkyl halides is 6. The van der Waals surface area contributed by atoms with E-state index in [1.165, 1.54) is 0 Å². The normalized spacial score (nSPS) is 13.9. The third kappa shape index (κ3) is 4.55. The molecule has 0 fully saturated rings. The van der Waals surface area contributed by atoms with E-state index in [-0.39, 0.29) is 18.5 Å². The maximum atomic E-state index is 12.4. The van der Waals surface area contributed by atoms with Crippen molar-refractivity contribution in [3.8, 4) is 0 Å². The molecule has 19 heavy (non-hydrogen) atoms. The fourth-order valence-corrected chi connectivity index (χ4v) is 1.30. The predicted octanol–water partition coefficient (Wildman–Crippen LogP) is 3.14. The van der Waals surface area contributed by atoms with Crippen LogP contribution >= 0.6 is 12.4 Å². The molecular weight excluding hydrogens is 300 g/mol. The van der Waals surface area contributed by atoms with E-state index < -0.39 is 41.7 Å². The first-order chi connectivity index (χ1) is 8.05. The molecule has 0 aliphatic carbocycles. The molecule has 0 aliphatic rings. The summed E-state index contributed by atoms with van der Waals surface area (Å²) in [7, 11) is 0. The molecule has 9 heteroatoms. The molecule has 1 atom stereocenters. The average molecular weight is 310 g/mol. The zero-order valence-electron chi connectivity index (χ0n) is 9.22. The van der Waals surface area contributed by atoms with Crippen LogP contribution in [0.5, 0.6) is 0 Å². The van der Waals surface area contributed by atoms with Crippen LogP contribution in [0, 0.1) is 0 Å². The molecule has 110 valence electrons. The SMILES string of the molecule is Cl.N[C@@H](CO)c1cc(C(F)(F)F)cc(C(F)(F)F)c1. The van der Waals surface area contributed by atoms with Gasteiger partial charge >= 0.3 is 12.4 Å². The van der Waals surface area contributed by atoms with Crippen LogP contribution in [-0.2, 0) is 12.4 Å². The van der Waals surface area contributed by atoms with Gasteiger partial charge in [0.15, 0.2) is 0 Å². The van der Waals surface area contributed by atoms with Gasteiger partial charge in [-0.05, 0) is 23.8 Å². The summed E-state index contributed by atoms with van der Waals surface area (Å²) in [5.41, 5.74) is 1.92. The van der Waals surface area contributed by atoms with Crippen molar-refractivity contribution < 1.29 is 31.4 Å². The Morgan fingerprint density at radius 1 is 0.947 bits per heavy atom. The topological polar surface area (TPSA) is 46.2 Å². The minimum absolute atomic E-state index is 0. The van der Waals surface area contributed by atoms with Crippen LogP contribution in [0.2, 0.25) is 0 Å². The van der Waals surface area contributed by atoms with Crippen LogP contribution in [0.4, 0.5) is 26.3 Å². The van der Waals surface area contributed by atoms with Crippen molar-refractivity contribution in [3.63, 3.8) is 0 Å². The van der Waals surface area contributed by atoms with E-state index in [1.807, 2.05) is 0 Å². The van der Waals surface area contributed by atoms with Gasteiger partial charge in [0, 0.05) is 0 Å². The minimum Gasteiger partial charge on any atom is -0.394 e. The van der Waals surface area contributed by atoms with Gasteiger partial charge in [0.05, 0.1) is 23.8 Å². The first kappa shape index (κ1) is 18.0. The number of benzene rings is 1. The highest BCUT2D eigenvalue weighted by atomic mass is 35.5. The Morgan fingerprint density at radius 3 is 1.58 bits per heavy atom. The van der Waals surface area contributed by atoms with Crippen LogP contribution in [0.15, 0.2) is 18.2 Å². The lowest BCUT2D eigenvalue weighted by atomic mass is 10.0. The Labute approximate surface area is 110 Å². The van der Waals surface area contributed by atoms with Crippen molar-refractivity contribution in [1.82, 2.24) is 0 Å². The molecule has 0 radical (unpaired) electrons. The van der Waals surface area contributed by atoms with Crippen molar-refractivity contribution in [2.24, 2.45) is 5.73 Å². The summed E-state index contributed by atoms with van der Waals surface area (Å²) in [4.78, 5) is 0. The smallest absolute Gasteiger partial charge is 0.394 e. The molecule has 0 heterocycles. The summed E-state index contributed by atoms with van der Waals surface area (Å²) in [6.45, 7) is -0.751. The summed E-state index contributed by atoms with van der Waals surface area (Å²) in [6.07, 6.45) is -9.82. The van der Waals surface area contributed by atoms with Crippen LogP contribution in [0.25, 0.3) is 0 Å². The van der Waals surface area contributed by atoms with E-state index in [0.29, 0.717) is 12.1 Å². The molecule has 0 aromatic heterocycles. The molecule has 1 rings (SSSR count). The van der Waals surface area contributed by atoms with Gasteiger partial charge in [-0.25, -0.2) is 0 Å². The second kappa shape index (κ2) is 5.98. The first-order valence-electron chi connectivity index (χ1n) is 4.71. The highest BCUT2D eigenvalue weighted by Gasteiger charge is 2.37. The Hall–Kier alpha value is -0.990. The number of aliphatic hydroxyl groups is 1. The maximum absolute atomic E-state index is 12.4. The molecule has 0 bridgehead atoms. The van der Waals surface area contributed by atoms with Crippen LogP contribution in [0.3, 0.4) is 0 Å². The number of nitrogens with two attached hydrogens (primary N) is 1. The van der Waals surface area contributed by atoms with E-state index in [1.54, 1.807) is 0 Å². The van der Waals surface area contributed by atoms with Gasteiger partial charge in [0.2, 0.25) is 0 Å². The predicted molar refractivity (Wildman–Crippen MR) is 57.7 cm³/mol. The van der Waals surface area contributed by atoms with E-state index in [9.17, 15) is 26.3 Å². The number of hydrogen-bond donors (Lipinski definition) is 2. The van der Waals surface area contributed by atoms with Gasteiger partial charge in [-0.15, -0.1) is 12.4 Å². The van der Waals surface area contributed by atoms with E-state index in [4.69, 9.17) is 10.8 Å². The summed E-state index contributed by atoms with van der Waals surface area (Å²) < 4.78 is 74.6. The summed E-state index contributed by atoms with van der Waals surface area (Å²) in [5, 5.41) is 8.69. The second-order valence-electron chi connectivity index (χ2n) is 3.63. The molecule has 0 amide bonds. The Balaban J connectivity index is 0.00000324. The Bertz CT molecular complexity index is 399. The van der Waals surface area contributed by atoms with Gasteiger partial charge in [0.25, 0.3) is 0 Å². The Morgan fingerprint density at radius 2 is 1.32 bits per heavy atom. The standard InChI is InChI=1S/C10H9F6NO.ClH/c11-9(12,13)6-1-5(8(17)4-18)2-7(3-6)10(14,15)16;/h1-3,8,18H,4,17H2;1H/t8-;/m0./s1. The second-order valence-corrected chi connectivity index (χ2v) is 3.63. The molecule has 1 aromatic rings. The van der Waals surface area contributed by atoms with Crippen molar-refractivity contribution in [2.45, 2.75) is 18.4 Å². The quantitative estimate of drug-likeness (QED) is 0.825. The average Bonchev–Trinajstić information content (AvgIpc) is 2.25. The monoisotopic (exact) mass is 309 g/mol. The third-order valence-electron chi connectivity index (χ3n) is 2.23. The fraction of sp³-hybridized carbons (Fsp3) is 0.400. The highest BCUT2D eigenvalue weighted by Crippen LogP contribution is 2.37. The largest absolute Gasteiger partial charge is 0.416 e. The lowest BCUT2D eigenvalue weighted by molar-refractivity contribution is -0.143. The summed E-state index contributed by atoms with van der Waals surface area (Å²) in [5.74, 6) is 0. The van der Waals surface area contributed by atoms with Crippen molar-refractivity contribution >= 4 is 12.4 Å². The molecular formula is C10H10ClF6NO. The summed E-state index contributed by atoms with van der Waals surface area (Å²) >= 11 is 0. The van der Waals surface area contributed by atoms with Crippen LogP contribution in [0.1, 0.15) is 22.7 Å². The zero-order chi connectivity index (χ0) is 14.1. The van der Waals surface area contributed by atoms with Gasteiger partial charge < -0.3 is 10.8 Å². The highest BCUT2D eigenvalue weighted by molar-refractivity contribution is 5.85. The van der Waals surface area contributed by atoms with Crippen LogP contribution in [-0.4, -0.2) is 11.7 Å². The van der Waals surface area contributed by atoms with Gasteiger partial charge in [-0.3, -0.25) is 0 Å². The minimum atomic E-state index is -4.91. The molecule has 3 N–H and O–H groups in total. The molecule has 0 aliphatic heterocycles. The Kier molecular flexibility index (Phi) is 5.66. The molecule has 0 saturated carbocycles. The molecule has 2 nitrogen and oxygen atoms in total. The van der Waals surface area contributed by atoms with Gasteiger partial charge in [0.1, 0.15) is 0 Å². The number of halogens is 7. The lowest BCUT2D eigenvalue weighted by Gasteiger charge is -2.16. The van der Waals surface area contributed by atoms with Gasteiger partial charge in [-0.2, -0.15) is 26.3 Å². The fourth-order valence-electron chi connectivity index (χ4n) is 1.30. The zero-order valence-corrected chi connectivity index (χ0v) is 10.0. The molecule has 0 saturated heterocycles. The van der Waals surface area contributed by atoms with E-state index >= 15 is 0 Å². The summed E-state index contributed by atoms with van der Waals surface area (Å²) in [6, 6.07) is -0.298. The van der Waals surface area contributed by atoms with Crippen molar-refractivity contribution in [2.75, 3.05) is 6.61 Å². The third-order valence-corrected chi connectivity index (χ3v) is 2.23.